The Morgan fingerprint density at radius 3 is 1.26 bits per heavy atom. The van der Waals surface area contributed by atoms with Gasteiger partial charge in [-0.25, -0.2) is 0 Å². The molecule has 0 aromatic rings. The molecule has 0 aliphatic rings. The molecule has 0 rings (SSSR count). The highest BCUT2D eigenvalue weighted by molar-refractivity contribution is 7.85. The predicted octanol–water partition coefficient (Wildman–Crippen LogP) is 7.86. The van der Waals surface area contributed by atoms with Crippen LogP contribution in [0.5, 0.6) is 0 Å². The van der Waals surface area contributed by atoms with E-state index in [-0.39, 0.29) is 5.75 Å². The van der Waals surface area contributed by atoms with E-state index in [0.717, 1.165) is 12.8 Å². The van der Waals surface area contributed by atoms with Crippen LogP contribution in [-0.4, -0.2) is 18.7 Å². The average Bonchev–Trinajstić information content (AvgIpc) is 2.62. The van der Waals surface area contributed by atoms with Gasteiger partial charge in [0.05, 0.1) is 5.75 Å². The first-order valence-electron chi connectivity index (χ1n) is 11.7. The molecule has 27 heavy (non-hydrogen) atoms. The number of hydrogen-bond acceptors (Lipinski definition) is 2. The summed E-state index contributed by atoms with van der Waals surface area (Å²) in [6.07, 6.45) is 28.8. The highest BCUT2D eigenvalue weighted by Gasteiger charge is 2.01. The highest BCUT2D eigenvalue weighted by atomic mass is 32.2. The summed E-state index contributed by atoms with van der Waals surface area (Å²) in [5.41, 5.74) is 0. The monoisotopic (exact) mass is 402 g/mol. The van der Waals surface area contributed by atoms with Crippen molar-refractivity contribution in [1.82, 2.24) is 0 Å². The molecule has 0 amide bonds. The SMILES string of the molecule is CCCCCCCCCCCCCCCCCCC=CCCCS(=O)(=O)O. The molecular formula is C23H46O3S. The van der Waals surface area contributed by atoms with E-state index in [2.05, 4.69) is 13.0 Å². The molecular weight excluding hydrogens is 356 g/mol. The number of unbranched alkanes of at least 4 members (excludes halogenated alkanes) is 17. The number of rotatable bonds is 21. The second-order valence-corrected chi connectivity index (χ2v) is 9.56. The summed E-state index contributed by atoms with van der Waals surface area (Å²) in [4.78, 5) is 0. The Morgan fingerprint density at radius 1 is 0.556 bits per heavy atom. The van der Waals surface area contributed by atoms with E-state index in [1.54, 1.807) is 0 Å². The van der Waals surface area contributed by atoms with Gasteiger partial charge in [0.2, 0.25) is 0 Å². The molecule has 0 aromatic carbocycles. The summed E-state index contributed by atoms with van der Waals surface area (Å²) in [5, 5.41) is 0. The zero-order valence-electron chi connectivity index (χ0n) is 18.0. The molecule has 0 radical (unpaired) electrons. The molecule has 0 saturated carbocycles. The molecule has 0 aliphatic carbocycles. The van der Waals surface area contributed by atoms with Gasteiger partial charge >= 0.3 is 0 Å². The molecule has 0 aliphatic heterocycles. The predicted molar refractivity (Wildman–Crippen MR) is 119 cm³/mol. The first kappa shape index (κ1) is 26.6. The van der Waals surface area contributed by atoms with Crippen LogP contribution >= 0.6 is 0 Å². The van der Waals surface area contributed by atoms with Crippen molar-refractivity contribution < 1.29 is 13.0 Å². The van der Waals surface area contributed by atoms with Crippen molar-refractivity contribution in [3.8, 4) is 0 Å². The van der Waals surface area contributed by atoms with Crippen molar-refractivity contribution >= 4 is 10.1 Å². The quantitative estimate of drug-likeness (QED) is 0.121. The molecule has 1 N–H and O–H groups in total. The lowest BCUT2D eigenvalue weighted by molar-refractivity contribution is 0.481. The van der Waals surface area contributed by atoms with Crippen LogP contribution in [0.2, 0.25) is 0 Å². The van der Waals surface area contributed by atoms with E-state index in [0.29, 0.717) is 6.42 Å². The van der Waals surface area contributed by atoms with Gasteiger partial charge in [-0.2, -0.15) is 8.42 Å². The van der Waals surface area contributed by atoms with Crippen molar-refractivity contribution in [3.05, 3.63) is 12.2 Å². The van der Waals surface area contributed by atoms with Crippen molar-refractivity contribution in [2.75, 3.05) is 5.75 Å². The first-order chi connectivity index (χ1) is 13.1. The van der Waals surface area contributed by atoms with Crippen LogP contribution < -0.4 is 0 Å². The van der Waals surface area contributed by atoms with Crippen LogP contribution in [0, 0.1) is 0 Å². The molecule has 0 unspecified atom stereocenters. The third-order valence-corrected chi connectivity index (χ3v) is 5.97. The van der Waals surface area contributed by atoms with E-state index >= 15 is 0 Å². The second kappa shape index (κ2) is 20.4. The summed E-state index contributed by atoms with van der Waals surface area (Å²) in [6, 6.07) is 0. The van der Waals surface area contributed by atoms with Gasteiger partial charge in [0.1, 0.15) is 0 Å². The number of hydrogen-bond donors (Lipinski definition) is 1. The van der Waals surface area contributed by atoms with Crippen molar-refractivity contribution in [3.63, 3.8) is 0 Å². The van der Waals surface area contributed by atoms with Gasteiger partial charge in [-0.1, -0.05) is 115 Å². The minimum absolute atomic E-state index is 0.129. The van der Waals surface area contributed by atoms with Crippen LogP contribution in [0.3, 0.4) is 0 Å². The number of allylic oxidation sites excluding steroid dienone is 2. The second-order valence-electron chi connectivity index (χ2n) is 7.99. The molecule has 0 fully saturated rings. The lowest BCUT2D eigenvalue weighted by Gasteiger charge is -2.03. The van der Waals surface area contributed by atoms with E-state index in [1.165, 1.54) is 103 Å². The third-order valence-electron chi connectivity index (χ3n) is 5.16. The van der Waals surface area contributed by atoms with Crippen molar-refractivity contribution in [2.45, 2.75) is 129 Å². The maximum absolute atomic E-state index is 10.6. The maximum Gasteiger partial charge on any atom is 0.264 e. The van der Waals surface area contributed by atoms with Gasteiger partial charge in [0.25, 0.3) is 10.1 Å². The molecule has 0 atom stereocenters. The Kier molecular flexibility index (Phi) is 20.1. The molecule has 0 heterocycles. The Bertz CT molecular complexity index is 415. The summed E-state index contributed by atoms with van der Waals surface area (Å²) in [5.74, 6) is -0.129. The van der Waals surface area contributed by atoms with Gasteiger partial charge in [-0.05, 0) is 25.7 Å². The Morgan fingerprint density at radius 2 is 0.889 bits per heavy atom. The summed E-state index contributed by atoms with van der Waals surface area (Å²) in [7, 11) is -3.78. The Balaban J connectivity index is 3.10. The molecule has 162 valence electrons. The van der Waals surface area contributed by atoms with Gasteiger partial charge in [-0.3, -0.25) is 4.55 Å². The van der Waals surface area contributed by atoms with Crippen LogP contribution in [0.4, 0.5) is 0 Å². The van der Waals surface area contributed by atoms with Crippen LogP contribution in [0.25, 0.3) is 0 Å². The van der Waals surface area contributed by atoms with Gasteiger partial charge < -0.3 is 0 Å². The lowest BCUT2D eigenvalue weighted by atomic mass is 10.0. The van der Waals surface area contributed by atoms with Gasteiger partial charge in [0, 0.05) is 0 Å². The van der Waals surface area contributed by atoms with Gasteiger partial charge in [0.15, 0.2) is 0 Å². The largest absolute Gasteiger partial charge is 0.286 e. The Hall–Kier alpha value is -0.350. The minimum atomic E-state index is -3.78. The van der Waals surface area contributed by atoms with Crippen LogP contribution in [0.15, 0.2) is 12.2 Å². The van der Waals surface area contributed by atoms with Gasteiger partial charge in [-0.15, -0.1) is 0 Å². The van der Waals surface area contributed by atoms with Crippen molar-refractivity contribution in [1.29, 1.82) is 0 Å². The maximum atomic E-state index is 10.6. The molecule has 0 aromatic heterocycles. The third kappa shape index (κ3) is 25.7. The summed E-state index contributed by atoms with van der Waals surface area (Å²) in [6.45, 7) is 2.28. The van der Waals surface area contributed by atoms with Crippen LogP contribution in [0.1, 0.15) is 129 Å². The zero-order chi connectivity index (χ0) is 20.1. The standard InChI is InChI=1S/C23H46O3S/c1-2-3-4-5-6-7-8-9-10-11-12-13-14-15-16-17-18-19-20-21-22-23-27(24,25)26/h19-20H,2-18,21-23H2,1H3,(H,24,25,26). The van der Waals surface area contributed by atoms with E-state index in [4.69, 9.17) is 4.55 Å². The minimum Gasteiger partial charge on any atom is -0.286 e. The van der Waals surface area contributed by atoms with E-state index < -0.39 is 10.1 Å². The topological polar surface area (TPSA) is 54.4 Å². The average molecular weight is 403 g/mol. The smallest absolute Gasteiger partial charge is 0.264 e. The fraction of sp³-hybridized carbons (Fsp3) is 0.913. The molecule has 0 spiro atoms. The van der Waals surface area contributed by atoms with Crippen molar-refractivity contribution in [2.24, 2.45) is 0 Å². The fourth-order valence-electron chi connectivity index (χ4n) is 3.43. The summed E-state index contributed by atoms with van der Waals surface area (Å²) >= 11 is 0. The van der Waals surface area contributed by atoms with Crippen LogP contribution in [-0.2, 0) is 10.1 Å². The van der Waals surface area contributed by atoms with E-state index in [9.17, 15) is 8.42 Å². The summed E-state index contributed by atoms with van der Waals surface area (Å²) < 4.78 is 29.8. The molecule has 3 nitrogen and oxygen atoms in total. The lowest BCUT2D eigenvalue weighted by Crippen LogP contribution is -2.02. The van der Waals surface area contributed by atoms with E-state index in [1.807, 2.05) is 6.08 Å². The molecule has 0 saturated heterocycles. The fourth-order valence-corrected chi connectivity index (χ4v) is 3.96. The molecule has 4 heteroatoms. The highest BCUT2D eigenvalue weighted by Crippen LogP contribution is 2.14. The zero-order valence-corrected chi connectivity index (χ0v) is 18.8. The Labute approximate surface area is 170 Å². The normalized spacial score (nSPS) is 12.2. The molecule has 0 bridgehead atoms. The first-order valence-corrected chi connectivity index (χ1v) is 13.3.